The van der Waals surface area contributed by atoms with Gasteiger partial charge in [-0.15, -0.1) is 5.10 Å². The summed E-state index contributed by atoms with van der Waals surface area (Å²) in [5.74, 6) is 1.96. The van der Waals surface area contributed by atoms with E-state index in [1.807, 2.05) is 11.6 Å². The van der Waals surface area contributed by atoms with E-state index in [0.717, 1.165) is 30.9 Å². The fourth-order valence-corrected chi connectivity index (χ4v) is 2.41. The molecule has 7 nitrogen and oxygen atoms in total. The summed E-state index contributed by atoms with van der Waals surface area (Å²) >= 11 is 1.49. The maximum absolute atomic E-state index is 5.69. The third-order valence-corrected chi connectivity index (χ3v) is 3.36. The molecular weight excluding hydrogens is 262 g/mol. The molecule has 0 aliphatic heterocycles. The number of hydrogen-bond donors (Lipinski definition) is 1. The predicted octanol–water partition coefficient (Wildman–Crippen LogP) is 1.45. The number of thioether (sulfide) groups is 1. The number of aromatic nitrogens is 6. The molecule has 0 spiro atoms. The maximum Gasteiger partial charge on any atom is 0.190 e. The second-order valence-corrected chi connectivity index (χ2v) is 5.12. The molecule has 0 atom stereocenters. The molecule has 2 aromatic rings. The Morgan fingerprint density at radius 2 is 2.21 bits per heavy atom. The number of nitrogens with zero attached hydrogens (tertiary/aromatic N) is 6. The molecule has 0 saturated heterocycles. The molecule has 0 fully saturated rings. The molecule has 0 bridgehead atoms. The molecule has 2 N–H and O–H groups in total. The van der Waals surface area contributed by atoms with Crippen molar-refractivity contribution in [2.75, 3.05) is 5.73 Å². The number of unbranched alkanes of at least 4 members (excludes halogenated alkanes) is 1. The van der Waals surface area contributed by atoms with Gasteiger partial charge in [-0.05, 0) is 23.8 Å². The first-order valence-electron chi connectivity index (χ1n) is 6.18. The number of tetrazole rings is 1. The molecule has 19 heavy (non-hydrogen) atoms. The van der Waals surface area contributed by atoms with Crippen molar-refractivity contribution < 1.29 is 0 Å². The van der Waals surface area contributed by atoms with E-state index in [1.54, 1.807) is 6.07 Å². The minimum absolute atomic E-state index is 0.487. The van der Waals surface area contributed by atoms with E-state index in [0.29, 0.717) is 16.7 Å². The quantitative estimate of drug-likeness (QED) is 0.631. The molecule has 0 amide bonds. The van der Waals surface area contributed by atoms with E-state index in [1.165, 1.54) is 11.8 Å². The van der Waals surface area contributed by atoms with E-state index in [9.17, 15) is 0 Å². The lowest BCUT2D eigenvalue weighted by atomic mass is 10.3. The Morgan fingerprint density at radius 1 is 1.37 bits per heavy atom. The van der Waals surface area contributed by atoms with Crippen LogP contribution >= 0.6 is 11.8 Å². The highest BCUT2D eigenvalue weighted by molar-refractivity contribution is 7.98. The van der Waals surface area contributed by atoms with Crippen molar-refractivity contribution in [3.63, 3.8) is 0 Å². The summed E-state index contributed by atoms with van der Waals surface area (Å²) in [6.07, 6.45) is 2.18. The van der Waals surface area contributed by atoms with Gasteiger partial charge in [-0.2, -0.15) is 0 Å². The molecule has 2 aromatic heterocycles. The third kappa shape index (κ3) is 3.88. The highest BCUT2D eigenvalue weighted by atomic mass is 32.2. The average Bonchev–Trinajstić information content (AvgIpc) is 2.80. The van der Waals surface area contributed by atoms with Gasteiger partial charge in [0, 0.05) is 18.3 Å². The zero-order valence-electron chi connectivity index (χ0n) is 11.1. The van der Waals surface area contributed by atoms with Crippen molar-refractivity contribution in [2.24, 2.45) is 0 Å². The molecule has 8 heteroatoms. The minimum atomic E-state index is 0.487. The Labute approximate surface area is 116 Å². The molecular formula is C11H17N7S. The smallest absolute Gasteiger partial charge is 0.190 e. The van der Waals surface area contributed by atoms with Crippen molar-refractivity contribution >= 4 is 17.6 Å². The van der Waals surface area contributed by atoms with Gasteiger partial charge in [0.05, 0.1) is 5.75 Å². The summed E-state index contributed by atoms with van der Waals surface area (Å²) in [5.41, 5.74) is 6.56. The molecule has 102 valence electrons. The molecule has 0 unspecified atom stereocenters. The molecule has 0 saturated carbocycles. The van der Waals surface area contributed by atoms with E-state index in [-0.39, 0.29) is 0 Å². The van der Waals surface area contributed by atoms with Crippen molar-refractivity contribution in [3.8, 4) is 0 Å². The average molecular weight is 279 g/mol. The normalized spacial score (nSPS) is 10.8. The van der Waals surface area contributed by atoms with Crippen LogP contribution in [-0.4, -0.2) is 30.2 Å². The van der Waals surface area contributed by atoms with Gasteiger partial charge in [-0.1, -0.05) is 25.1 Å². The van der Waals surface area contributed by atoms with Crippen molar-refractivity contribution in [1.82, 2.24) is 30.2 Å². The van der Waals surface area contributed by atoms with Crippen molar-refractivity contribution in [3.05, 3.63) is 17.6 Å². The number of aryl methyl sites for hydroxylation is 2. The topological polar surface area (TPSA) is 95.4 Å². The number of anilines is 1. The lowest BCUT2D eigenvalue weighted by molar-refractivity contribution is 0.540. The second-order valence-electron chi connectivity index (χ2n) is 4.18. The molecule has 2 heterocycles. The third-order valence-electron chi connectivity index (χ3n) is 2.51. The summed E-state index contributed by atoms with van der Waals surface area (Å²) in [6, 6.07) is 1.75. The Bertz CT molecular complexity index is 519. The van der Waals surface area contributed by atoms with E-state index in [2.05, 4.69) is 32.4 Å². The Kier molecular flexibility index (Phi) is 4.67. The fraction of sp³-hybridized carbons (Fsp3) is 0.545. The summed E-state index contributed by atoms with van der Waals surface area (Å²) in [4.78, 5) is 8.50. The van der Waals surface area contributed by atoms with E-state index in [4.69, 9.17) is 5.73 Å². The second kappa shape index (κ2) is 6.46. The van der Waals surface area contributed by atoms with E-state index < -0.39 is 0 Å². The maximum atomic E-state index is 5.69. The SMILES string of the molecule is CCCCn1nnnc1CSc1nc(C)cc(N)n1. The van der Waals surface area contributed by atoms with Crippen LogP contribution in [0, 0.1) is 6.92 Å². The largest absolute Gasteiger partial charge is 0.384 e. The van der Waals surface area contributed by atoms with Crippen LogP contribution in [0.5, 0.6) is 0 Å². The molecule has 2 rings (SSSR count). The van der Waals surface area contributed by atoms with Gasteiger partial charge < -0.3 is 5.73 Å². The summed E-state index contributed by atoms with van der Waals surface area (Å²) in [6.45, 7) is 4.88. The number of nitrogens with two attached hydrogens (primary N) is 1. The monoisotopic (exact) mass is 279 g/mol. The predicted molar refractivity (Wildman–Crippen MR) is 73.5 cm³/mol. The number of rotatable bonds is 6. The summed E-state index contributed by atoms with van der Waals surface area (Å²) in [5, 5.41) is 12.4. The molecule has 0 aromatic carbocycles. The van der Waals surface area contributed by atoms with Crippen LogP contribution in [0.1, 0.15) is 31.3 Å². The van der Waals surface area contributed by atoms with Gasteiger partial charge in [-0.25, -0.2) is 14.6 Å². The van der Waals surface area contributed by atoms with Crippen LogP contribution < -0.4 is 5.73 Å². The van der Waals surface area contributed by atoms with E-state index >= 15 is 0 Å². The Morgan fingerprint density at radius 3 is 2.95 bits per heavy atom. The first-order chi connectivity index (χ1) is 9.19. The van der Waals surface area contributed by atoms with Crippen LogP contribution in [0.2, 0.25) is 0 Å². The summed E-state index contributed by atoms with van der Waals surface area (Å²) < 4.78 is 1.83. The van der Waals surface area contributed by atoms with Crippen LogP contribution in [0.15, 0.2) is 11.2 Å². The highest BCUT2D eigenvalue weighted by Gasteiger charge is 2.08. The van der Waals surface area contributed by atoms with Crippen molar-refractivity contribution in [2.45, 2.75) is 44.1 Å². The van der Waals surface area contributed by atoms with Crippen LogP contribution in [0.4, 0.5) is 5.82 Å². The zero-order chi connectivity index (χ0) is 13.7. The van der Waals surface area contributed by atoms with Gasteiger partial charge in [0.25, 0.3) is 0 Å². The van der Waals surface area contributed by atoms with Crippen LogP contribution in [-0.2, 0) is 12.3 Å². The van der Waals surface area contributed by atoms with Crippen molar-refractivity contribution in [1.29, 1.82) is 0 Å². The van der Waals surface area contributed by atoms with Crippen LogP contribution in [0.25, 0.3) is 0 Å². The van der Waals surface area contributed by atoms with Gasteiger partial charge in [0.1, 0.15) is 5.82 Å². The minimum Gasteiger partial charge on any atom is -0.384 e. The molecule has 0 aliphatic rings. The summed E-state index contributed by atoms with van der Waals surface area (Å²) in [7, 11) is 0. The highest BCUT2D eigenvalue weighted by Crippen LogP contribution is 2.19. The molecule has 0 radical (unpaired) electrons. The Hall–Kier alpha value is -1.70. The van der Waals surface area contributed by atoms with Gasteiger partial charge >= 0.3 is 0 Å². The number of nitrogen functional groups attached to an aromatic ring is 1. The first kappa shape index (κ1) is 13.7. The fourth-order valence-electron chi connectivity index (χ4n) is 1.57. The van der Waals surface area contributed by atoms with Crippen LogP contribution in [0.3, 0.4) is 0 Å². The first-order valence-corrected chi connectivity index (χ1v) is 7.16. The van der Waals surface area contributed by atoms with Gasteiger partial charge in [0.2, 0.25) is 0 Å². The van der Waals surface area contributed by atoms with Gasteiger partial charge in [-0.3, -0.25) is 0 Å². The standard InChI is InChI=1S/C11H17N7S/c1-3-4-5-18-10(15-16-17-18)7-19-11-13-8(2)6-9(12)14-11/h6H,3-5,7H2,1-2H3,(H2,12,13,14). The lowest BCUT2D eigenvalue weighted by Gasteiger charge is -2.04. The number of hydrogen-bond acceptors (Lipinski definition) is 7. The van der Waals surface area contributed by atoms with Gasteiger partial charge in [0.15, 0.2) is 11.0 Å². The lowest BCUT2D eigenvalue weighted by Crippen LogP contribution is -2.05. The molecule has 0 aliphatic carbocycles. The Balaban J connectivity index is 2.00. The zero-order valence-corrected chi connectivity index (χ0v) is 11.9.